The maximum Gasteiger partial charge on any atom is 0.333 e. The van der Waals surface area contributed by atoms with Crippen LogP contribution in [0.2, 0.25) is 0 Å². The van der Waals surface area contributed by atoms with E-state index in [2.05, 4.69) is 20.4 Å². The highest BCUT2D eigenvalue weighted by Crippen LogP contribution is 2.57. The van der Waals surface area contributed by atoms with Gasteiger partial charge in [0.25, 0.3) is 0 Å². The molecule has 3 rings (SSSR count). The van der Waals surface area contributed by atoms with Crippen molar-refractivity contribution in [2.24, 2.45) is 23.2 Å². The lowest BCUT2D eigenvalue weighted by Crippen LogP contribution is -2.39. The minimum absolute atomic E-state index is 0.00180. The zero-order valence-corrected chi connectivity index (χ0v) is 13.2. The van der Waals surface area contributed by atoms with Crippen molar-refractivity contribution in [2.75, 3.05) is 0 Å². The first kappa shape index (κ1) is 14.8. The maximum absolute atomic E-state index is 12.2. The number of Topliss-reactive ketones (excluding diaryl/α,β-unsaturated/α-hetero) is 1. The van der Waals surface area contributed by atoms with Gasteiger partial charge in [-0.05, 0) is 49.4 Å². The van der Waals surface area contributed by atoms with E-state index in [4.69, 9.17) is 4.74 Å². The van der Waals surface area contributed by atoms with E-state index in [-0.39, 0.29) is 23.4 Å². The van der Waals surface area contributed by atoms with E-state index in [9.17, 15) is 9.59 Å². The van der Waals surface area contributed by atoms with Crippen LogP contribution in [0.15, 0.2) is 12.2 Å². The molecule has 2 saturated carbocycles. The van der Waals surface area contributed by atoms with Crippen LogP contribution in [0.4, 0.5) is 0 Å². The lowest BCUT2D eigenvalue weighted by molar-refractivity contribution is -0.139. The van der Waals surface area contributed by atoms with Crippen molar-refractivity contribution in [2.45, 2.75) is 64.9 Å². The molecular weight excluding hydrogens is 264 g/mol. The number of fused-ring (bicyclic) bond motifs is 1. The second kappa shape index (κ2) is 5.26. The Morgan fingerprint density at radius 3 is 2.81 bits per heavy atom. The van der Waals surface area contributed by atoms with Crippen molar-refractivity contribution < 1.29 is 14.3 Å². The average Bonchev–Trinajstić information content (AvgIpc) is 2.91. The SMILES string of the molecule is C=C1C[C@H](C[C@@H](C)[C@H]2CCC3C(=O)CCCC32C)OC1=O. The van der Waals surface area contributed by atoms with Gasteiger partial charge in [-0.3, -0.25) is 4.79 Å². The lowest BCUT2D eigenvalue weighted by atomic mass is 9.62. The van der Waals surface area contributed by atoms with E-state index in [0.717, 1.165) is 32.1 Å². The highest BCUT2D eigenvalue weighted by atomic mass is 16.5. The topological polar surface area (TPSA) is 43.4 Å². The molecular formula is C18H26O3. The Hall–Kier alpha value is -1.12. The fraction of sp³-hybridized carbons (Fsp3) is 0.778. The van der Waals surface area contributed by atoms with Gasteiger partial charge in [0, 0.05) is 24.3 Å². The van der Waals surface area contributed by atoms with Crippen molar-refractivity contribution in [3.63, 3.8) is 0 Å². The van der Waals surface area contributed by atoms with Gasteiger partial charge >= 0.3 is 5.97 Å². The molecule has 116 valence electrons. The van der Waals surface area contributed by atoms with Crippen LogP contribution in [0.1, 0.15) is 58.8 Å². The van der Waals surface area contributed by atoms with Gasteiger partial charge in [-0.15, -0.1) is 0 Å². The van der Waals surface area contributed by atoms with E-state index in [1.54, 1.807) is 0 Å². The minimum atomic E-state index is -0.226. The highest BCUT2D eigenvalue weighted by molar-refractivity contribution is 5.89. The Bertz CT molecular complexity index is 465. The van der Waals surface area contributed by atoms with E-state index in [1.165, 1.54) is 6.42 Å². The van der Waals surface area contributed by atoms with Crippen LogP contribution < -0.4 is 0 Å². The van der Waals surface area contributed by atoms with Gasteiger partial charge in [0.1, 0.15) is 11.9 Å². The summed E-state index contributed by atoms with van der Waals surface area (Å²) in [6, 6.07) is 0. The fourth-order valence-corrected chi connectivity index (χ4v) is 5.25. The molecule has 2 unspecified atom stereocenters. The van der Waals surface area contributed by atoms with E-state index in [0.29, 0.717) is 29.6 Å². The number of ether oxygens (including phenoxy) is 1. The summed E-state index contributed by atoms with van der Waals surface area (Å²) in [7, 11) is 0. The maximum atomic E-state index is 12.2. The van der Waals surface area contributed by atoms with Crippen LogP contribution in [0, 0.1) is 23.2 Å². The summed E-state index contributed by atoms with van der Waals surface area (Å²) in [6.45, 7) is 8.35. The smallest absolute Gasteiger partial charge is 0.333 e. The first-order valence-corrected chi connectivity index (χ1v) is 8.33. The molecule has 3 heteroatoms. The standard InChI is InChI=1S/C18H26O3/c1-11(9-13-10-12(2)17(20)21-13)14-6-7-15-16(19)5-4-8-18(14,15)3/h11,13-15H,2,4-10H2,1,3H3/t11-,13+,14-,15?,18?/m1/s1. The van der Waals surface area contributed by atoms with E-state index in [1.807, 2.05) is 0 Å². The average molecular weight is 290 g/mol. The van der Waals surface area contributed by atoms with Gasteiger partial charge in [0.15, 0.2) is 0 Å². The van der Waals surface area contributed by atoms with Crippen molar-refractivity contribution in [3.8, 4) is 0 Å². The fourth-order valence-electron chi connectivity index (χ4n) is 5.25. The largest absolute Gasteiger partial charge is 0.459 e. The summed E-state index contributed by atoms with van der Waals surface area (Å²) >= 11 is 0. The number of rotatable bonds is 3. The Morgan fingerprint density at radius 1 is 1.38 bits per heavy atom. The summed E-state index contributed by atoms with van der Waals surface area (Å²) in [4.78, 5) is 23.7. The summed E-state index contributed by atoms with van der Waals surface area (Å²) in [5.41, 5.74) is 0.782. The number of carbonyl (C=O) groups is 2. The summed E-state index contributed by atoms with van der Waals surface area (Å²) in [5, 5.41) is 0. The van der Waals surface area contributed by atoms with Crippen molar-refractivity contribution in [3.05, 3.63) is 12.2 Å². The molecule has 1 aliphatic heterocycles. The van der Waals surface area contributed by atoms with Crippen molar-refractivity contribution >= 4 is 11.8 Å². The molecule has 21 heavy (non-hydrogen) atoms. The van der Waals surface area contributed by atoms with E-state index < -0.39 is 0 Å². The second-order valence-corrected chi connectivity index (χ2v) is 7.61. The molecule has 1 saturated heterocycles. The minimum Gasteiger partial charge on any atom is -0.459 e. The molecule has 0 spiro atoms. The van der Waals surface area contributed by atoms with Crippen molar-refractivity contribution in [1.82, 2.24) is 0 Å². The Labute approximate surface area is 127 Å². The Kier molecular flexibility index (Phi) is 3.71. The van der Waals surface area contributed by atoms with Gasteiger partial charge in [-0.1, -0.05) is 20.4 Å². The number of hydrogen-bond acceptors (Lipinski definition) is 3. The number of carbonyl (C=O) groups excluding carboxylic acids is 2. The molecule has 3 fully saturated rings. The summed E-state index contributed by atoms with van der Waals surface area (Å²) < 4.78 is 5.39. The normalized spacial score (nSPS) is 41.0. The third-order valence-electron chi connectivity index (χ3n) is 6.29. The van der Waals surface area contributed by atoms with Gasteiger partial charge in [0.05, 0.1) is 0 Å². The van der Waals surface area contributed by atoms with Crippen LogP contribution >= 0.6 is 0 Å². The molecule has 0 bridgehead atoms. The molecule has 0 N–H and O–H groups in total. The zero-order valence-electron chi connectivity index (χ0n) is 13.2. The Balaban J connectivity index is 1.68. The summed E-state index contributed by atoms with van der Waals surface area (Å²) in [6.07, 6.45) is 6.79. The van der Waals surface area contributed by atoms with Crippen LogP contribution in [0.25, 0.3) is 0 Å². The first-order chi connectivity index (χ1) is 9.91. The van der Waals surface area contributed by atoms with Crippen molar-refractivity contribution in [1.29, 1.82) is 0 Å². The Morgan fingerprint density at radius 2 is 2.14 bits per heavy atom. The zero-order chi connectivity index (χ0) is 15.2. The van der Waals surface area contributed by atoms with Gasteiger partial charge in [-0.25, -0.2) is 4.79 Å². The number of hydrogen-bond donors (Lipinski definition) is 0. The molecule has 0 amide bonds. The molecule has 0 aromatic carbocycles. The predicted molar refractivity (Wildman–Crippen MR) is 80.6 cm³/mol. The second-order valence-electron chi connectivity index (χ2n) is 7.61. The molecule has 0 radical (unpaired) electrons. The van der Waals surface area contributed by atoms with Gasteiger partial charge in [-0.2, -0.15) is 0 Å². The molecule has 3 nitrogen and oxygen atoms in total. The number of cyclic esters (lactones) is 1. The summed E-state index contributed by atoms with van der Waals surface area (Å²) in [5.74, 6) is 1.61. The van der Waals surface area contributed by atoms with Crippen LogP contribution in [-0.2, 0) is 14.3 Å². The van der Waals surface area contributed by atoms with Crippen LogP contribution in [0.5, 0.6) is 0 Å². The molecule has 1 heterocycles. The molecule has 5 atom stereocenters. The molecule has 0 aromatic rings. The first-order valence-electron chi connectivity index (χ1n) is 8.33. The number of ketones is 1. The molecule has 0 aromatic heterocycles. The lowest BCUT2D eigenvalue weighted by Gasteiger charge is -2.42. The molecule has 3 aliphatic rings. The van der Waals surface area contributed by atoms with E-state index >= 15 is 0 Å². The monoisotopic (exact) mass is 290 g/mol. The predicted octanol–water partition coefficient (Wildman–Crippen LogP) is 3.67. The van der Waals surface area contributed by atoms with Gasteiger partial charge < -0.3 is 4.74 Å². The van der Waals surface area contributed by atoms with Crippen LogP contribution in [-0.4, -0.2) is 17.9 Å². The van der Waals surface area contributed by atoms with Gasteiger partial charge in [0.2, 0.25) is 0 Å². The third kappa shape index (κ3) is 2.45. The molecule has 2 aliphatic carbocycles. The third-order valence-corrected chi connectivity index (χ3v) is 6.29. The van der Waals surface area contributed by atoms with Crippen LogP contribution in [0.3, 0.4) is 0 Å². The number of esters is 1. The highest BCUT2D eigenvalue weighted by Gasteiger charge is 2.52. The quantitative estimate of drug-likeness (QED) is 0.588.